The lowest BCUT2D eigenvalue weighted by Crippen LogP contribution is -2.23. The van der Waals surface area contributed by atoms with Crippen molar-refractivity contribution in [3.8, 4) is 0 Å². The van der Waals surface area contributed by atoms with Crippen molar-refractivity contribution in [3.63, 3.8) is 0 Å². The number of hydrogen-bond donors (Lipinski definition) is 0. The maximum atomic E-state index is 11.7. The van der Waals surface area contributed by atoms with Crippen LogP contribution < -0.4 is 0 Å². The van der Waals surface area contributed by atoms with Gasteiger partial charge in [0.15, 0.2) is 0 Å². The van der Waals surface area contributed by atoms with E-state index in [1.54, 1.807) is 0 Å². The predicted molar refractivity (Wildman–Crippen MR) is 55.2 cm³/mol. The van der Waals surface area contributed by atoms with E-state index in [1.165, 1.54) is 17.5 Å². The summed E-state index contributed by atoms with van der Waals surface area (Å²) in [5.41, 5.74) is 2.86. The molecule has 1 nitrogen and oxygen atoms in total. The van der Waals surface area contributed by atoms with E-state index in [0.29, 0.717) is 17.6 Å². The molecule has 0 unspecified atom stereocenters. The lowest BCUT2D eigenvalue weighted by atomic mass is 9.79. The van der Waals surface area contributed by atoms with Crippen molar-refractivity contribution >= 4 is 5.78 Å². The van der Waals surface area contributed by atoms with Crippen LogP contribution in [0.2, 0.25) is 0 Å². The van der Waals surface area contributed by atoms with Crippen LogP contribution in [0.1, 0.15) is 36.3 Å². The van der Waals surface area contributed by atoms with E-state index >= 15 is 0 Å². The highest BCUT2D eigenvalue weighted by molar-refractivity contribution is 5.84. The Labute approximate surface area is 84.1 Å². The Hall–Kier alpha value is -1.11. The summed E-state index contributed by atoms with van der Waals surface area (Å²) in [6.07, 6.45) is 4.12. The monoisotopic (exact) mass is 186 g/mol. The summed E-state index contributed by atoms with van der Waals surface area (Å²) < 4.78 is 0. The first kappa shape index (κ1) is 8.22. The van der Waals surface area contributed by atoms with Crippen LogP contribution in [0.5, 0.6) is 0 Å². The highest BCUT2D eigenvalue weighted by atomic mass is 16.1. The molecule has 0 radical (unpaired) electrons. The standard InChI is InChI=1S/C13H14O/c14-13-7-3-6-11-10-5-2-1-4-9(10)8-12(11)13/h1-2,4-5,11-12H,3,6-8H2/t11-,12+/m0/s1. The van der Waals surface area contributed by atoms with Gasteiger partial charge >= 0.3 is 0 Å². The second-order valence-electron chi connectivity index (χ2n) is 4.47. The molecule has 1 saturated carbocycles. The van der Waals surface area contributed by atoms with Crippen LogP contribution in [-0.2, 0) is 11.2 Å². The van der Waals surface area contributed by atoms with Crippen molar-refractivity contribution < 1.29 is 4.79 Å². The number of rotatable bonds is 0. The van der Waals surface area contributed by atoms with Gasteiger partial charge in [0.05, 0.1) is 0 Å². The molecule has 0 heterocycles. The SMILES string of the molecule is O=C1CCC[C@H]2c3ccccc3C[C@@H]12. The molecule has 2 aliphatic carbocycles. The van der Waals surface area contributed by atoms with Crippen molar-refractivity contribution in [1.29, 1.82) is 0 Å². The summed E-state index contributed by atoms with van der Waals surface area (Å²) in [6, 6.07) is 8.57. The normalized spacial score (nSPS) is 29.9. The van der Waals surface area contributed by atoms with Crippen LogP contribution >= 0.6 is 0 Å². The van der Waals surface area contributed by atoms with Gasteiger partial charge in [-0.2, -0.15) is 0 Å². The van der Waals surface area contributed by atoms with Crippen molar-refractivity contribution in [2.24, 2.45) is 5.92 Å². The van der Waals surface area contributed by atoms with Gasteiger partial charge < -0.3 is 0 Å². The van der Waals surface area contributed by atoms with Gasteiger partial charge in [0.1, 0.15) is 5.78 Å². The largest absolute Gasteiger partial charge is 0.299 e. The van der Waals surface area contributed by atoms with E-state index in [1.807, 2.05) is 0 Å². The second-order valence-corrected chi connectivity index (χ2v) is 4.47. The molecule has 0 spiro atoms. The minimum atomic E-state index is 0.321. The van der Waals surface area contributed by atoms with Gasteiger partial charge in [-0.15, -0.1) is 0 Å². The molecule has 0 amide bonds. The molecule has 3 rings (SSSR count). The Morgan fingerprint density at radius 2 is 2.00 bits per heavy atom. The topological polar surface area (TPSA) is 17.1 Å². The Balaban J connectivity index is 2.04. The maximum Gasteiger partial charge on any atom is 0.136 e. The molecule has 14 heavy (non-hydrogen) atoms. The minimum Gasteiger partial charge on any atom is -0.299 e. The fraction of sp³-hybridized carbons (Fsp3) is 0.462. The smallest absolute Gasteiger partial charge is 0.136 e. The summed E-state index contributed by atoms with van der Waals surface area (Å²) in [6.45, 7) is 0. The van der Waals surface area contributed by atoms with Crippen molar-refractivity contribution in [1.82, 2.24) is 0 Å². The highest BCUT2D eigenvalue weighted by Crippen LogP contribution is 2.44. The third-order valence-corrected chi connectivity index (χ3v) is 3.73. The van der Waals surface area contributed by atoms with Gasteiger partial charge in [-0.3, -0.25) is 4.79 Å². The molecular formula is C13H14O. The molecule has 0 bridgehead atoms. The quantitative estimate of drug-likeness (QED) is 0.609. The highest BCUT2D eigenvalue weighted by Gasteiger charge is 2.38. The van der Waals surface area contributed by atoms with E-state index in [0.717, 1.165) is 19.3 Å². The molecule has 1 fully saturated rings. The molecule has 0 aliphatic heterocycles. The van der Waals surface area contributed by atoms with Gasteiger partial charge in [-0.05, 0) is 36.3 Å². The van der Waals surface area contributed by atoms with Gasteiger partial charge in [-0.1, -0.05) is 24.3 Å². The lowest BCUT2D eigenvalue weighted by molar-refractivity contribution is -0.124. The number of carbonyl (C=O) groups is 1. The van der Waals surface area contributed by atoms with Gasteiger partial charge in [-0.25, -0.2) is 0 Å². The van der Waals surface area contributed by atoms with Crippen LogP contribution in [0.3, 0.4) is 0 Å². The number of fused-ring (bicyclic) bond motifs is 3. The molecule has 1 aromatic rings. The Morgan fingerprint density at radius 1 is 1.14 bits per heavy atom. The first-order valence-electron chi connectivity index (χ1n) is 5.47. The van der Waals surface area contributed by atoms with E-state index in [4.69, 9.17) is 0 Å². The zero-order valence-electron chi connectivity index (χ0n) is 8.20. The summed E-state index contributed by atoms with van der Waals surface area (Å²) >= 11 is 0. The Bertz CT molecular complexity index is 381. The van der Waals surface area contributed by atoms with Crippen LogP contribution in [0.25, 0.3) is 0 Å². The molecule has 0 aromatic heterocycles. The van der Waals surface area contributed by atoms with Gasteiger partial charge in [0.25, 0.3) is 0 Å². The van der Waals surface area contributed by atoms with Crippen molar-refractivity contribution in [2.75, 3.05) is 0 Å². The molecule has 0 saturated heterocycles. The Morgan fingerprint density at radius 3 is 2.93 bits per heavy atom. The summed E-state index contributed by atoms with van der Waals surface area (Å²) in [7, 11) is 0. The van der Waals surface area contributed by atoms with Gasteiger partial charge in [0.2, 0.25) is 0 Å². The van der Waals surface area contributed by atoms with Crippen molar-refractivity contribution in [2.45, 2.75) is 31.6 Å². The first-order chi connectivity index (χ1) is 6.86. The summed E-state index contributed by atoms with van der Waals surface area (Å²) in [5.74, 6) is 1.37. The van der Waals surface area contributed by atoms with E-state index in [-0.39, 0.29) is 0 Å². The number of carbonyl (C=O) groups excluding carboxylic acids is 1. The average molecular weight is 186 g/mol. The number of benzene rings is 1. The fourth-order valence-corrected chi connectivity index (χ4v) is 3.05. The van der Waals surface area contributed by atoms with Crippen LogP contribution in [0, 0.1) is 5.92 Å². The van der Waals surface area contributed by atoms with Crippen LogP contribution in [-0.4, -0.2) is 5.78 Å². The molecule has 2 atom stereocenters. The molecule has 2 aliphatic rings. The number of ketones is 1. The first-order valence-corrected chi connectivity index (χ1v) is 5.47. The second kappa shape index (κ2) is 2.94. The summed E-state index contributed by atoms with van der Waals surface area (Å²) in [4.78, 5) is 11.7. The number of hydrogen-bond acceptors (Lipinski definition) is 1. The zero-order valence-corrected chi connectivity index (χ0v) is 8.20. The Kier molecular flexibility index (Phi) is 1.73. The number of Topliss-reactive ketones (excluding diaryl/α,β-unsaturated/α-hetero) is 1. The van der Waals surface area contributed by atoms with E-state index in [9.17, 15) is 4.79 Å². The molecule has 0 N–H and O–H groups in total. The summed E-state index contributed by atoms with van der Waals surface area (Å²) in [5, 5.41) is 0. The lowest BCUT2D eigenvalue weighted by Gasteiger charge is -2.24. The molecule has 1 heteroatoms. The third kappa shape index (κ3) is 1.05. The van der Waals surface area contributed by atoms with E-state index < -0.39 is 0 Å². The fourth-order valence-electron chi connectivity index (χ4n) is 3.05. The molecule has 1 aromatic carbocycles. The van der Waals surface area contributed by atoms with E-state index in [2.05, 4.69) is 24.3 Å². The minimum absolute atomic E-state index is 0.321. The molecular weight excluding hydrogens is 172 g/mol. The van der Waals surface area contributed by atoms with Gasteiger partial charge in [0, 0.05) is 12.3 Å². The van der Waals surface area contributed by atoms with Crippen molar-refractivity contribution in [3.05, 3.63) is 35.4 Å². The molecule has 72 valence electrons. The van der Waals surface area contributed by atoms with Crippen LogP contribution in [0.15, 0.2) is 24.3 Å². The third-order valence-electron chi connectivity index (χ3n) is 3.73. The van der Waals surface area contributed by atoms with Crippen LogP contribution in [0.4, 0.5) is 0 Å². The maximum absolute atomic E-state index is 11.7. The predicted octanol–water partition coefficient (Wildman–Crippen LogP) is 2.70. The zero-order chi connectivity index (χ0) is 9.54. The average Bonchev–Trinajstić information content (AvgIpc) is 2.59.